The van der Waals surface area contributed by atoms with Gasteiger partial charge in [-0.15, -0.1) is 0 Å². The topological polar surface area (TPSA) is 41.1 Å². The summed E-state index contributed by atoms with van der Waals surface area (Å²) in [5, 5.41) is 6.53. The summed E-state index contributed by atoms with van der Waals surface area (Å²) >= 11 is 0. The van der Waals surface area contributed by atoms with Gasteiger partial charge >= 0.3 is 0 Å². The number of hydrogen-bond donors (Lipinski definition) is 2. The maximum atomic E-state index is 12.0. The van der Waals surface area contributed by atoms with Crippen molar-refractivity contribution in [2.45, 2.75) is 39.2 Å². The second kappa shape index (κ2) is 6.71. The van der Waals surface area contributed by atoms with Crippen LogP contribution in [0.5, 0.6) is 0 Å². The molecule has 0 bridgehead atoms. The average molecular weight is 260 g/mol. The number of carbonyl (C=O) groups is 1. The average Bonchev–Trinajstić information content (AvgIpc) is 2.40. The van der Waals surface area contributed by atoms with Crippen molar-refractivity contribution in [1.82, 2.24) is 10.6 Å². The molecule has 0 saturated carbocycles. The lowest BCUT2D eigenvalue weighted by molar-refractivity contribution is -0.122. The molecule has 0 aliphatic carbocycles. The highest BCUT2D eigenvalue weighted by atomic mass is 16.1. The first-order valence-corrected chi connectivity index (χ1v) is 7.21. The van der Waals surface area contributed by atoms with Crippen molar-refractivity contribution in [3.63, 3.8) is 0 Å². The number of piperidine rings is 1. The third-order valence-electron chi connectivity index (χ3n) is 4.01. The number of carbonyl (C=O) groups excluding carboxylic acids is 1. The molecule has 1 fully saturated rings. The van der Waals surface area contributed by atoms with Gasteiger partial charge in [-0.1, -0.05) is 31.2 Å². The summed E-state index contributed by atoms with van der Waals surface area (Å²) in [6.45, 7) is 6.30. The molecule has 1 aromatic rings. The van der Waals surface area contributed by atoms with Crippen LogP contribution >= 0.6 is 0 Å². The van der Waals surface area contributed by atoms with Crippen molar-refractivity contribution < 1.29 is 4.79 Å². The van der Waals surface area contributed by atoms with Gasteiger partial charge in [0.25, 0.3) is 0 Å². The van der Waals surface area contributed by atoms with Crippen molar-refractivity contribution >= 4 is 5.91 Å². The molecule has 104 valence electrons. The van der Waals surface area contributed by atoms with E-state index in [1.807, 2.05) is 12.1 Å². The first-order chi connectivity index (χ1) is 9.16. The smallest absolute Gasteiger partial charge is 0.220 e. The van der Waals surface area contributed by atoms with Crippen molar-refractivity contribution in [2.75, 3.05) is 13.1 Å². The minimum Gasteiger partial charge on any atom is -0.353 e. The van der Waals surface area contributed by atoms with Gasteiger partial charge in [-0.25, -0.2) is 0 Å². The maximum absolute atomic E-state index is 12.0. The Morgan fingerprint density at radius 1 is 1.42 bits per heavy atom. The first-order valence-electron chi connectivity index (χ1n) is 7.21. The normalized spacial score (nSPS) is 23.1. The lowest BCUT2D eigenvalue weighted by Crippen LogP contribution is -2.48. The summed E-state index contributed by atoms with van der Waals surface area (Å²) in [5.41, 5.74) is 2.54. The summed E-state index contributed by atoms with van der Waals surface area (Å²) in [7, 11) is 0. The molecule has 1 saturated heterocycles. The number of hydrogen-bond acceptors (Lipinski definition) is 2. The van der Waals surface area contributed by atoms with Gasteiger partial charge in [0.15, 0.2) is 0 Å². The number of amides is 1. The molecule has 0 radical (unpaired) electrons. The molecule has 0 unspecified atom stereocenters. The number of nitrogens with one attached hydrogen (secondary N) is 2. The highest BCUT2D eigenvalue weighted by molar-refractivity contribution is 5.76. The summed E-state index contributed by atoms with van der Waals surface area (Å²) in [6.07, 6.45) is 2.45. The Morgan fingerprint density at radius 2 is 2.21 bits per heavy atom. The van der Waals surface area contributed by atoms with Gasteiger partial charge in [0.2, 0.25) is 5.91 Å². The van der Waals surface area contributed by atoms with Gasteiger partial charge in [0.05, 0.1) is 0 Å². The zero-order chi connectivity index (χ0) is 13.7. The fourth-order valence-electron chi connectivity index (χ4n) is 2.65. The Hall–Kier alpha value is -1.35. The highest BCUT2D eigenvalue weighted by Gasteiger charge is 2.22. The van der Waals surface area contributed by atoms with Crippen molar-refractivity contribution in [2.24, 2.45) is 5.92 Å². The van der Waals surface area contributed by atoms with E-state index in [1.54, 1.807) is 0 Å². The van der Waals surface area contributed by atoms with Crippen molar-refractivity contribution in [3.8, 4) is 0 Å². The van der Waals surface area contributed by atoms with Crippen molar-refractivity contribution in [1.29, 1.82) is 0 Å². The molecule has 1 aliphatic heterocycles. The molecule has 0 aromatic heterocycles. The molecule has 2 rings (SSSR count). The third-order valence-corrected chi connectivity index (χ3v) is 4.01. The van der Waals surface area contributed by atoms with E-state index in [-0.39, 0.29) is 5.91 Å². The van der Waals surface area contributed by atoms with Crippen LogP contribution < -0.4 is 10.6 Å². The summed E-state index contributed by atoms with van der Waals surface area (Å²) in [6, 6.07) is 8.62. The highest BCUT2D eigenvalue weighted by Crippen LogP contribution is 2.12. The Kier molecular flexibility index (Phi) is 4.97. The quantitative estimate of drug-likeness (QED) is 0.870. The van der Waals surface area contributed by atoms with E-state index in [1.165, 1.54) is 11.1 Å². The molecule has 1 heterocycles. The second-order valence-corrected chi connectivity index (χ2v) is 5.57. The minimum atomic E-state index is 0.182. The van der Waals surface area contributed by atoms with Gasteiger partial charge in [-0.3, -0.25) is 4.79 Å². The zero-order valence-corrected chi connectivity index (χ0v) is 11.9. The fourth-order valence-corrected chi connectivity index (χ4v) is 2.65. The third kappa shape index (κ3) is 4.06. The standard InChI is InChI=1S/C16H24N2O/c1-12-5-3-4-6-14(12)7-8-16(19)18-15-9-10-17-11-13(15)2/h3-6,13,15,17H,7-11H2,1-2H3,(H,18,19)/t13-,15+/m1/s1. The first kappa shape index (κ1) is 14.1. The molecule has 3 heteroatoms. The minimum absolute atomic E-state index is 0.182. The molecule has 0 spiro atoms. The van der Waals surface area contributed by atoms with E-state index in [0.717, 1.165) is 25.9 Å². The zero-order valence-electron chi connectivity index (χ0n) is 11.9. The van der Waals surface area contributed by atoms with E-state index < -0.39 is 0 Å². The van der Waals surface area contributed by atoms with Crippen LogP contribution in [-0.2, 0) is 11.2 Å². The molecule has 1 aliphatic rings. The monoisotopic (exact) mass is 260 g/mol. The summed E-state index contributed by atoms with van der Waals surface area (Å²) < 4.78 is 0. The van der Waals surface area contributed by atoms with Crippen LogP contribution in [0.4, 0.5) is 0 Å². The van der Waals surface area contributed by atoms with Gasteiger partial charge < -0.3 is 10.6 Å². The Bertz CT molecular complexity index is 431. The molecular formula is C16H24N2O. The van der Waals surface area contributed by atoms with E-state index in [9.17, 15) is 4.79 Å². The van der Waals surface area contributed by atoms with Gasteiger partial charge in [0.1, 0.15) is 0 Å². The van der Waals surface area contributed by atoms with Crippen LogP contribution in [0.1, 0.15) is 30.9 Å². The predicted molar refractivity (Wildman–Crippen MR) is 78.1 cm³/mol. The molecule has 2 N–H and O–H groups in total. The van der Waals surface area contributed by atoms with Crippen LogP contribution in [0.25, 0.3) is 0 Å². The number of aryl methyl sites for hydroxylation is 2. The van der Waals surface area contributed by atoms with E-state index in [0.29, 0.717) is 18.4 Å². The number of rotatable bonds is 4. The fraction of sp³-hybridized carbons (Fsp3) is 0.562. The largest absolute Gasteiger partial charge is 0.353 e. The van der Waals surface area contributed by atoms with E-state index in [2.05, 4.69) is 36.6 Å². The Balaban J connectivity index is 1.80. The molecular weight excluding hydrogens is 236 g/mol. The van der Waals surface area contributed by atoms with Crippen molar-refractivity contribution in [3.05, 3.63) is 35.4 Å². The molecule has 1 aromatic carbocycles. The lowest BCUT2D eigenvalue weighted by atomic mass is 9.95. The molecule has 19 heavy (non-hydrogen) atoms. The van der Waals surface area contributed by atoms with Crippen LogP contribution in [0.15, 0.2) is 24.3 Å². The maximum Gasteiger partial charge on any atom is 0.220 e. The SMILES string of the molecule is Cc1ccccc1CCC(=O)N[C@H]1CCNC[C@H]1C. The van der Waals surface area contributed by atoms with Gasteiger partial charge in [-0.05, 0) is 49.9 Å². The van der Waals surface area contributed by atoms with E-state index >= 15 is 0 Å². The molecule has 1 amide bonds. The van der Waals surface area contributed by atoms with E-state index in [4.69, 9.17) is 0 Å². The Labute approximate surface area is 115 Å². The van der Waals surface area contributed by atoms with Crippen LogP contribution in [-0.4, -0.2) is 25.0 Å². The van der Waals surface area contributed by atoms with Gasteiger partial charge in [0, 0.05) is 12.5 Å². The van der Waals surface area contributed by atoms with Crippen LogP contribution in [0, 0.1) is 12.8 Å². The second-order valence-electron chi connectivity index (χ2n) is 5.57. The summed E-state index contributed by atoms with van der Waals surface area (Å²) in [4.78, 5) is 12.0. The van der Waals surface area contributed by atoms with Crippen LogP contribution in [0.3, 0.4) is 0 Å². The lowest BCUT2D eigenvalue weighted by Gasteiger charge is -2.30. The van der Waals surface area contributed by atoms with Crippen LogP contribution in [0.2, 0.25) is 0 Å². The number of benzene rings is 1. The summed E-state index contributed by atoms with van der Waals surface area (Å²) in [5.74, 6) is 0.707. The van der Waals surface area contributed by atoms with Gasteiger partial charge in [-0.2, -0.15) is 0 Å². The molecule has 2 atom stereocenters. The Morgan fingerprint density at radius 3 is 2.95 bits per heavy atom. The predicted octanol–water partition coefficient (Wildman–Crippen LogP) is 2.04. The molecule has 3 nitrogen and oxygen atoms in total.